The van der Waals surface area contributed by atoms with Crippen molar-refractivity contribution in [2.45, 2.75) is 11.7 Å². The number of benzene rings is 2. The Hall–Kier alpha value is -3.63. The Kier molecular flexibility index (Phi) is 7.61. The molecule has 0 unspecified atom stereocenters. The molecule has 0 aliphatic heterocycles. The number of carbonyl (C=O) groups is 1. The summed E-state index contributed by atoms with van der Waals surface area (Å²) < 4.78 is 12.3. The average Bonchev–Trinajstić information content (AvgIpc) is 3.50. The van der Waals surface area contributed by atoms with Crippen LogP contribution in [0.2, 0.25) is 0 Å². The number of methoxy groups -OCH3 is 2. The Morgan fingerprint density at radius 1 is 1.06 bits per heavy atom. The minimum absolute atomic E-state index is 0.167. The molecule has 4 rings (SSSR count). The van der Waals surface area contributed by atoms with Crippen molar-refractivity contribution >= 4 is 34.1 Å². The molecule has 0 saturated carbocycles. The second-order valence-electron chi connectivity index (χ2n) is 7.04. The second kappa shape index (κ2) is 11.0. The molecular formula is C24H23N5O3S2. The number of hydrogen-bond acceptors (Lipinski definition) is 8. The molecule has 2 aromatic carbocycles. The van der Waals surface area contributed by atoms with Crippen LogP contribution in [-0.4, -0.2) is 45.6 Å². The highest BCUT2D eigenvalue weighted by Gasteiger charge is 2.16. The summed E-state index contributed by atoms with van der Waals surface area (Å²) in [6.45, 7) is 4.35. The highest BCUT2D eigenvalue weighted by Crippen LogP contribution is 2.28. The van der Waals surface area contributed by atoms with Gasteiger partial charge in [0.05, 0.1) is 25.7 Å². The van der Waals surface area contributed by atoms with Gasteiger partial charge in [0.1, 0.15) is 11.5 Å². The van der Waals surface area contributed by atoms with Crippen molar-refractivity contribution in [3.8, 4) is 34.1 Å². The van der Waals surface area contributed by atoms with E-state index in [1.54, 1.807) is 20.3 Å². The normalized spacial score (nSPS) is 10.6. The maximum Gasteiger partial charge on any atom is 0.236 e. The van der Waals surface area contributed by atoms with Gasteiger partial charge < -0.3 is 14.8 Å². The van der Waals surface area contributed by atoms with E-state index in [9.17, 15) is 4.79 Å². The fourth-order valence-electron chi connectivity index (χ4n) is 3.15. The van der Waals surface area contributed by atoms with Crippen LogP contribution < -0.4 is 14.8 Å². The summed E-state index contributed by atoms with van der Waals surface area (Å²) in [7, 11) is 3.25. The molecule has 0 radical (unpaired) electrons. The lowest BCUT2D eigenvalue weighted by molar-refractivity contribution is -0.113. The number of amides is 1. The van der Waals surface area contributed by atoms with Crippen molar-refractivity contribution in [2.24, 2.45) is 0 Å². The predicted molar refractivity (Wildman–Crippen MR) is 136 cm³/mol. The van der Waals surface area contributed by atoms with Crippen LogP contribution in [0.3, 0.4) is 0 Å². The maximum atomic E-state index is 12.6. The number of nitrogens with zero attached hydrogens (tertiary/aromatic N) is 4. The number of nitrogens with one attached hydrogen (secondary N) is 1. The van der Waals surface area contributed by atoms with Crippen LogP contribution in [0.25, 0.3) is 22.6 Å². The molecule has 174 valence electrons. The maximum absolute atomic E-state index is 12.6. The van der Waals surface area contributed by atoms with Gasteiger partial charge in [-0.3, -0.25) is 9.36 Å². The summed E-state index contributed by atoms with van der Waals surface area (Å²) in [5.74, 6) is 2.26. The van der Waals surface area contributed by atoms with E-state index >= 15 is 0 Å². The molecular weight excluding hydrogens is 470 g/mol. The number of allylic oxidation sites excluding steroid dienone is 1. The molecule has 10 heteroatoms. The number of aromatic nitrogens is 4. The minimum atomic E-state index is -0.167. The van der Waals surface area contributed by atoms with Crippen LogP contribution in [0.1, 0.15) is 0 Å². The first-order valence-electron chi connectivity index (χ1n) is 10.3. The van der Waals surface area contributed by atoms with Crippen molar-refractivity contribution < 1.29 is 14.3 Å². The van der Waals surface area contributed by atoms with E-state index in [1.165, 1.54) is 23.1 Å². The first-order chi connectivity index (χ1) is 16.6. The molecule has 0 aliphatic carbocycles. The molecule has 0 spiro atoms. The SMILES string of the molecule is C=CCn1c(SCC(=O)Nc2nc(-c3ccc(OC)cc3)cs2)nnc1-c1ccc(OC)cc1. The number of hydrogen-bond donors (Lipinski definition) is 1. The molecule has 34 heavy (non-hydrogen) atoms. The lowest BCUT2D eigenvalue weighted by Gasteiger charge is -2.08. The van der Waals surface area contributed by atoms with E-state index in [-0.39, 0.29) is 11.7 Å². The van der Waals surface area contributed by atoms with Crippen molar-refractivity contribution in [1.82, 2.24) is 19.7 Å². The highest BCUT2D eigenvalue weighted by molar-refractivity contribution is 7.99. The number of carbonyl (C=O) groups excluding carboxylic acids is 1. The van der Waals surface area contributed by atoms with E-state index in [2.05, 4.69) is 27.1 Å². The van der Waals surface area contributed by atoms with Gasteiger partial charge in [-0.15, -0.1) is 28.1 Å². The smallest absolute Gasteiger partial charge is 0.236 e. The standard InChI is InChI=1S/C24H23N5O3S2/c1-4-13-29-22(17-7-11-19(32-3)12-8-17)27-28-24(29)34-15-21(30)26-23-25-20(14-33-23)16-5-9-18(31-2)10-6-16/h4-12,14H,1,13,15H2,2-3H3,(H,25,26,30). The van der Waals surface area contributed by atoms with Crippen LogP contribution in [0, 0.1) is 0 Å². The quantitative estimate of drug-likeness (QED) is 0.245. The lowest BCUT2D eigenvalue weighted by atomic mass is 10.2. The zero-order chi connectivity index (χ0) is 23.9. The predicted octanol–water partition coefficient (Wildman–Crippen LogP) is 5.00. The second-order valence-corrected chi connectivity index (χ2v) is 8.84. The van der Waals surface area contributed by atoms with Crippen LogP contribution in [0.15, 0.2) is 71.7 Å². The van der Waals surface area contributed by atoms with Crippen LogP contribution in [-0.2, 0) is 11.3 Å². The Morgan fingerprint density at radius 3 is 2.32 bits per heavy atom. The van der Waals surface area contributed by atoms with Crippen molar-refractivity contribution in [3.05, 3.63) is 66.6 Å². The van der Waals surface area contributed by atoms with Crippen LogP contribution in [0.4, 0.5) is 5.13 Å². The van der Waals surface area contributed by atoms with Gasteiger partial charge in [-0.25, -0.2) is 4.98 Å². The van der Waals surface area contributed by atoms with E-state index in [1.807, 2.05) is 58.5 Å². The molecule has 1 N–H and O–H groups in total. The molecule has 2 heterocycles. The first-order valence-corrected chi connectivity index (χ1v) is 12.2. The summed E-state index contributed by atoms with van der Waals surface area (Å²) in [5.41, 5.74) is 2.65. The fourth-order valence-corrected chi connectivity index (χ4v) is 4.64. The van der Waals surface area contributed by atoms with E-state index in [4.69, 9.17) is 9.47 Å². The third kappa shape index (κ3) is 5.46. The molecule has 0 bridgehead atoms. The summed E-state index contributed by atoms with van der Waals surface area (Å²) in [4.78, 5) is 17.1. The molecule has 0 aliphatic rings. The van der Waals surface area contributed by atoms with Gasteiger partial charge >= 0.3 is 0 Å². The Bertz CT molecular complexity index is 1270. The summed E-state index contributed by atoms with van der Waals surface area (Å²) in [5, 5.41) is 14.6. The number of thioether (sulfide) groups is 1. The molecule has 0 atom stereocenters. The topological polar surface area (TPSA) is 91.2 Å². The van der Waals surface area contributed by atoms with Gasteiger partial charge in [-0.1, -0.05) is 17.8 Å². The number of anilines is 1. The molecule has 4 aromatic rings. The van der Waals surface area contributed by atoms with Gasteiger partial charge in [0, 0.05) is 23.1 Å². The average molecular weight is 494 g/mol. The van der Waals surface area contributed by atoms with Crippen molar-refractivity contribution in [1.29, 1.82) is 0 Å². The minimum Gasteiger partial charge on any atom is -0.497 e. The Balaban J connectivity index is 1.40. The third-order valence-electron chi connectivity index (χ3n) is 4.85. The number of thiazole rings is 1. The Morgan fingerprint density at radius 2 is 1.71 bits per heavy atom. The molecule has 8 nitrogen and oxygen atoms in total. The third-order valence-corrected chi connectivity index (χ3v) is 6.57. The van der Waals surface area contributed by atoms with E-state index in [0.29, 0.717) is 22.7 Å². The monoisotopic (exact) mass is 493 g/mol. The molecule has 1 amide bonds. The van der Waals surface area contributed by atoms with Crippen molar-refractivity contribution in [2.75, 3.05) is 25.3 Å². The number of ether oxygens (including phenoxy) is 2. The number of rotatable bonds is 10. The van der Waals surface area contributed by atoms with E-state index < -0.39 is 0 Å². The first kappa shape index (κ1) is 23.5. The zero-order valence-corrected chi connectivity index (χ0v) is 20.4. The Labute approximate surface area is 205 Å². The largest absolute Gasteiger partial charge is 0.497 e. The lowest BCUT2D eigenvalue weighted by Crippen LogP contribution is -2.14. The van der Waals surface area contributed by atoms with E-state index in [0.717, 1.165) is 28.3 Å². The summed E-state index contributed by atoms with van der Waals surface area (Å²) in [6.07, 6.45) is 1.77. The van der Waals surface area contributed by atoms with Crippen LogP contribution >= 0.6 is 23.1 Å². The molecule has 2 aromatic heterocycles. The zero-order valence-electron chi connectivity index (χ0n) is 18.7. The van der Waals surface area contributed by atoms with Gasteiger partial charge in [-0.2, -0.15) is 0 Å². The molecule has 0 saturated heterocycles. The van der Waals surface area contributed by atoms with Crippen molar-refractivity contribution in [3.63, 3.8) is 0 Å². The summed E-state index contributed by atoms with van der Waals surface area (Å²) in [6, 6.07) is 15.2. The fraction of sp³-hybridized carbons (Fsp3) is 0.167. The molecule has 0 fully saturated rings. The summed E-state index contributed by atoms with van der Waals surface area (Å²) >= 11 is 2.69. The van der Waals surface area contributed by atoms with Gasteiger partial charge in [0.2, 0.25) is 5.91 Å². The highest BCUT2D eigenvalue weighted by atomic mass is 32.2. The van der Waals surface area contributed by atoms with Crippen LogP contribution in [0.5, 0.6) is 11.5 Å². The van der Waals surface area contributed by atoms with Gasteiger partial charge in [0.25, 0.3) is 0 Å². The van der Waals surface area contributed by atoms with Gasteiger partial charge in [0.15, 0.2) is 16.1 Å². The van der Waals surface area contributed by atoms with Gasteiger partial charge in [-0.05, 0) is 48.5 Å².